The Morgan fingerprint density at radius 2 is 0.558 bits per heavy atom. The fourth-order valence-electron chi connectivity index (χ4n) is 9.31. The summed E-state index contributed by atoms with van der Waals surface area (Å²) in [6.07, 6.45) is 91.9. The SMILES string of the molecule is CC/C=C\C/C=C\C/C=C\C/C=C\C/C=C\C/C=C\CCC(=O)OCC(COP(=O)(O)OCC(O)COP(=O)(O)OCC(COC(=O)CCCC/C=C\C/C=C\C/C=C\C/C=C\CC)OC(=O)CCCCCCC/C=C\CCCCCCCC)OC(=O)C/C=C\C/C=C\C/C=C\C/C=C\C/C=C\CC. The van der Waals surface area contributed by atoms with Gasteiger partial charge in [0.2, 0.25) is 0 Å². The molecule has 0 aromatic heterocycles. The van der Waals surface area contributed by atoms with E-state index in [2.05, 4.69) is 180 Å². The third-order valence-corrected chi connectivity index (χ3v) is 17.0. The minimum atomic E-state index is -5.03. The maximum atomic E-state index is 13.1. The van der Waals surface area contributed by atoms with Gasteiger partial charge in [0.05, 0.1) is 32.8 Å². The van der Waals surface area contributed by atoms with E-state index in [-0.39, 0.29) is 25.7 Å². The highest BCUT2D eigenvalue weighted by molar-refractivity contribution is 7.47. The normalized spacial score (nSPS) is 15.0. The molecular weight excluding hydrogens is 1350 g/mol. The van der Waals surface area contributed by atoms with Gasteiger partial charge in [-0.25, -0.2) is 9.13 Å². The fraction of sp³-hybridized carbons (Fsp3) is 0.576. The number of phosphoric ester groups is 2. The van der Waals surface area contributed by atoms with E-state index in [1.54, 1.807) is 12.2 Å². The number of rotatable bonds is 70. The van der Waals surface area contributed by atoms with Crippen LogP contribution in [0.3, 0.4) is 0 Å². The first-order valence-electron chi connectivity index (χ1n) is 38.7. The summed E-state index contributed by atoms with van der Waals surface area (Å²) in [7, 11) is -10.0. The van der Waals surface area contributed by atoms with E-state index >= 15 is 0 Å². The second-order valence-corrected chi connectivity index (χ2v) is 27.7. The highest BCUT2D eigenvalue weighted by Gasteiger charge is 2.30. The Balaban J connectivity index is 5.55. The molecule has 0 bridgehead atoms. The van der Waals surface area contributed by atoms with Gasteiger partial charge in [0.15, 0.2) is 12.2 Å². The molecule has 0 heterocycles. The number of aliphatic hydroxyl groups excluding tert-OH is 1. The van der Waals surface area contributed by atoms with Gasteiger partial charge in [-0.2, -0.15) is 0 Å². The Morgan fingerprint density at radius 1 is 0.288 bits per heavy atom. The van der Waals surface area contributed by atoms with Gasteiger partial charge >= 0.3 is 39.5 Å². The lowest BCUT2D eigenvalue weighted by Gasteiger charge is -2.21. The fourth-order valence-corrected chi connectivity index (χ4v) is 10.9. The smallest absolute Gasteiger partial charge is 0.462 e. The van der Waals surface area contributed by atoms with Crippen LogP contribution in [0, 0.1) is 0 Å². The van der Waals surface area contributed by atoms with Crippen LogP contribution in [-0.2, 0) is 65.4 Å². The summed E-state index contributed by atoms with van der Waals surface area (Å²) in [6, 6.07) is 0. The molecular formula is C85H134O17P2. The molecule has 0 spiro atoms. The molecule has 104 heavy (non-hydrogen) atoms. The lowest BCUT2D eigenvalue weighted by molar-refractivity contribution is -0.161. The molecule has 0 aliphatic heterocycles. The third-order valence-electron chi connectivity index (χ3n) is 15.1. The molecule has 0 amide bonds. The molecule has 0 aliphatic carbocycles. The summed E-state index contributed by atoms with van der Waals surface area (Å²) in [5, 5.41) is 10.6. The molecule has 5 unspecified atom stereocenters. The van der Waals surface area contributed by atoms with Crippen LogP contribution in [0.1, 0.15) is 259 Å². The molecule has 19 heteroatoms. The Bertz CT molecular complexity index is 2740. The van der Waals surface area contributed by atoms with Crippen molar-refractivity contribution in [3.63, 3.8) is 0 Å². The molecule has 0 aliphatic rings. The number of carbonyl (C=O) groups is 4. The van der Waals surface area contributed by atoms with E-state index in [4.69, 9.17) is 37.0 Å². The van der Waals surface area contributed by atoms with Crippen LogP contribution in [-0.4, -0.2) is 96.7 Å². The molecule has 0 aromatic carbocycles. The largest absolute Gasteiger partial charge is 0.472 e. The quantitative estimate of drug-likeness (QED) is 0.0169. The molecule has 3 N–H and O–H groups in total. The summed E-state index contributed by atoms with van der Waals surface area (Å²) in [6.45, 7) is 4.23. The van der Waals surface area contributed by atoms with Crippen molar-refractivity contribution in [2.24, 2.45) is 0 Å². The van der Waals surface area contributed by atoms with Crippen LogP contribution < -0.4 is 0 Å². The van der Waals surface area contributed by atoms with Gasteiger partial charge in [0, 0.05) is 19.3 Å². The minimum Gasteiger partial charge on any atom is -0.462 e. The Hall–Kier alpha value is -6.10. The van der Waals surface area contributed by atoms with Gasteiger partial charge in [-0.05, 0) is 154 Å². The van der Waals surface area contributed by atoms with E-state index in [1.165, 1.54) is 38.5 Å². The molecule has 17 nitrogen and oxygen atoms in total. The van der Waals surface area contributed by atoms with Crippen LogP contribution in [0.2, 0.25) is 0 Å². The summed E-state index contributed by atoms with van der Waals surface area (Å²) < 4.78 is 68.2. The van der Waals surface area contributed by atoms with Gasteiger partial charge in [-0.1, -0.05) is 273 Å². The zero-order valence-corrected chi connectivity index (χ0v) is 65.6. The van der Waals surface area contributed by atoms with E-state index in [1.807, 2.05) is 30.4 Å². The summed E-state index contributed by atoms with van der Waals surface area (Å²) in [5.41, 5.74) is 0. The summed E-state index contributed by atoms with van der Waals surface area (Å²) >= 11 is 0. The number of carbonyl (C=O) groups excluding carboxylic acids is 4. The first-order chi connectivity index (χ1) is 50.7. The maximum Gasteiger partial charge on any atom is 0.472 e. The molecule has 0 saturated heterocycles. The summed E-state index contributed by atoms with van der Waals surface area (Å²) in [4.78, 5) is 72.8. The zero-order chi connectivity index (χ0) is 76.0. The lowest BCUT2D eigenvalue weighted by atomic mass is 10.1. The first-order valence-corrected chi connectivity index (χ1v) is 41.7. The van der Waals surface area contributed by atoms with Crippen molar-refractivity contribution in [2.75, 3.05) is 39.6 Å². The van der Waals surface area contributed by atoms with E-state index in [0.717, 1.165) is 135 Å². The number of ether oxygens (including phenoxy) is 4. The van der Waals surface area contributed by atoms with Crippen LogP contribution in [0.4, 0.5) is 0 Å². The van der Waals surface area contributed by atoms with Gasteiger partial charge < -0.3 is 33.8 Å². The van der Waals surface area contributed by atoms with Crippen molar-refractivity contribution >= 4 is 39.5 Å². The van der Waals surface area contributed by atoms with E-state index < -0.39 is 97.5 Å². The number of hydrogen-bond donors (Lipinski definition) is 3. The van der Waals surface area contributed by atoms with Gasteiger partial charge in [0.1, 0.15) is 19.3 Å². The Kier molecular flexibility index (Phi) is 70.7. The number of phosphoric acid groups is 2. The van der Waals surface area contributed by atoms with E-state index in [9.17, 15) is 43.2 Å². The number of aliphatic hydroxyl groups is 1. The predicted octanol–water partition coefficient (Wildman–Crippen LogP) is 22.5. The molecule has 0 rings (SSSR count). The number of allylic oxidation sites excluding steroid dienone is 31. The second-order valence-electron chi connectivity index (χ2n) is 24.8. The third kappa shape index (κ3) is 74.2. The maximum absolute atomic E-state index is 13.1. The van der Waals surface area contributed by atoms with Crippen molar-refractivity contribution < 1.29 is 80.2 Å². The molecule has 0 aromatic rings. The average Bonchev–Trinajstić information content (AvgIpc) is 0.918. The first kappa shape index (κ1) is 97.9. The predicted molar refractivity (Wildman–Crippen MR) is 426 cm³/mol. The van der Waals surface area contributed by atoms with Crippen molar-refractivity contribution in [2.45, 2.75) is 277 Å². The summed E-state index contributed by atoms with van der Waals surface area (Å²) in [5.74, 6) is -2.50. The van der Waals surface area contributed by atoms with Crippen LogP contribution in [0.15, 0.2) is 194 Å². The number of hydrogen-bond acceptors (Lipinski definition) is 15. The van der Waals surface area contributed by atoms with Crippen molar-refractivity contribution in [3.05, 3.63) is 194 Å². The number of esters is 4. The second kappa shape index (κ2) is 75.1. The van der Waals surface area contributed by atoms with Crippen molar-refractivity contribution in [1.82, 2.24) is 0 Å². The molecule has 0 saturated carbocycles. The topological polar surface area (TPSA) is 237 Å². The Morgan fingerprint density at radius 3 is 0.942 bits per heavy atom. The molecule has 0 fully saturated rings. The Labute approximate surface area is 627 Å². The molecule has 586 valence electrons. The highest BCUT2D eigenvalue weighted by Crippen LogP contribution is 2.45. The van der Waals surface area contributed by atoms with Crippen LogP contribution in [0.25, 0.3) is 0 Å². The number of unbranched alkanes of at least 4 members (excludes halogenated alkanes) is 13. The van der Waals surface area contributed by atoms with Gasteiger partial charge in [-0.15, -0.1) is 0 Å². The van der Waals surface area contributed by atoms with Crippen molar-refractivity contribution in [1.29, 1.82) is 0 Å². The van der Waals surface area contributed by atoms with Crippen LogP contribution in [0.5, 0.6) is 0 Å². The van der Waals surface area contributed by atoms with Gasteiger partial charge in [-0.3, -0.25) is 37.3 Å². The van der Waals surface area contributed by atoms with E-state index in [0.29, 0.717) is 32.1 Å². The van der Waals surface area contributed by atoms with Crippen molar-refractivity contribution in [3.8, 4) is 0 Å². The highest BCUT2D eigenvalue weighted by atomic mass is 31.2. The molecule has 5 atom stereocenters. The lowest BCUT2D eigenvalue weighted by Crippen LogP contribution is -2.30. The molecule has 0 radical (unpaired) electrons. The zero-order valence-electron chi connectivity index (χ0n) is 63.9. The van der Waals surface area contributed by atoms with Crippen LogP contribution >= 0.6 is 15.6 Å². The monoisotopic (exact) mass is 1490 g/mol. The average molecular weight is 1490 g/mol. The standard InChI is InChI=1S/C85H134O17P2/c1-5-9-13-17-21-25-29-33-37-38-39-40-44-46-50-54-58-62-66-70-83(88)96-76-81(102-85(90)72-68-64-60-56-52-48-43-36-32-28-24-20-16-12-8-4)78-100-104(93,94)98-74-79(86)73-97-103(91,92)99-77-80(101-84(89)71-67-63-59-55-51-47-42-35-31-27-23-19-15-11-7-3)75-95-82(87)69-65-61-57-53-49-45-41-34-30-26-22-18-14-10-6-2/h9-10,12-14,16,21-22,24-26,28,33-37,39-43,46,49-50,52-53,56,58,62,64,68,79-81,86H,5-8,11,15,17-20,23,27,29-32,38,44-45,47-48,51,54-55,57,59-61,63,65-67,69-78H2,1-4H3,(H,91,92)(H,93,94)/b13-9-,14-10-,16-12-,25-21-,26-22-,28-24-,37-33-,40-39-,41-34-,42-35-,43-36-,50-46-,53-49-,56-52-,62-58-,68-64-. The minimum absolute atomic E-state index is 0.00775. The van der Waals surface area contributed by atoms with Gasteiger partial charge in [0.25, 0.3) is 0 Å².